The molecule has 2 fully saturated rings. The number of amides is 1. The summed E-state index contributed by atoms with van der Waals surface area (Å²) in [6.07, 6.45) is 0. The molecule has 2 aliphatic heterocycles. The summed E-state index contributed by atoms with van der Waals surface area (Å²) in [6.45, 7) is 7.51. The zero-order chi connectivity index (χ0) is 23.2. The second-order valence-corrected chi connectivity index (χ2v) is 9.20. The molecule has 0 aliphatic carbocycles. The fraction of sp³-hybridized carbons (Fsp3) is 0.345. The lowest BCUT2D eigenvalue weighted by Crippen LogP contribution is -2.58. The quantitative estimate of drug-likeness (QED) is 0.581. The molecule has 176 valence electrons. The number of carbonyl (C=O) groups is 1. The predicted molar refractivity (Wildman–Crippen MR) is 137 cm³/mol. The summed E-state index contributed by atoms with van der Waals surface area (Å²) in [5, 5.41) is 3.36. The molecule has 2 aliphatic rings. The summed E-state index contributed by atoms with van der Waals surface area (Å²) in [4.78, 5) is 20.0. The van der Waals surface area contributed by atoms with Crippen molar-refractivity contribution in [1.82, 2.24) is 20.0 Å². The van der Waals surface area contributed by atoms with Crippen LogP contribution in [0.25, 0.3) is 0 Å². The first kappa shape index (κ1) is 22.8. The van der Waals surface area contributed by atoms with Gasteiger partial charge in [0.15, 0.2) is 0 Å². The Labute approximate surface area is 203 Å². The molecule has 1 amide bonds. The van der Waals surface area contributed by atoms with Crippen LogP contribution in [0.2, 0.25) is 0 Å². The fourth-order valence-electron chi connectivity index (χ4n) is 5.54. The zero-order valence-electron chi connectivity index (χ0n) is 19.8. The summed E-state index contributed by atoms with van der Waals surface area (Å²) in [5.74, 6) is 0.256. The van der Waals surface area contributed by atoms with Crippen LogP contribution in [0.15, 0.2) is 91.0 Å². The van der Waals surface area contributed by atoms with E-state index in [-0.39, 0.29) is 5.91 Å². The Balaban J connectivity index is 1.46. The third kappa shape index (κ3) is 4.51. The maximum absolute atomic E-state index is 13.1. The first-order chi connectivity index (χ1) is 16.8. The lowest BCUT2D eigenvalue weighted by atomic mass is 9.75. The minimum Gasteiger partial charge on any atom is -0.339 e. The molecule has 3 aromatic carbocycles. The van der Waals surface area contributed by atoms with E-state index in [4.69, 9.17) is 0 Å². The summed E-state index contributed by atoms with van der Waals surface area (Å²) in [6, 6.07) is 32.4. The van der Waals surface area contributed by atoms with Gasteiger partial charge in [0.2, 0.25) is 5.91 Å². The van der Waals surface area contributed by atoms with Crippen molar-refractivity contribution >= 4 is 5.91 Å². The van der Waals surface area contributed by atoms with E-state index in [0.29, 0.717) is 6.54 Å². The van der Waals surface area contributed by atoms with Crippen molar-refractivity contribution in [2.45, 2.75) is 5.54 Å². The molecule has 5 nitrogen and oxygen atoms in total. The van der Waals surface area contributed by atoms with Crippen LogP contribution in [-0.4, -0.2) is 79.5 Å². The number of benzene rings is 3. The molecule has 0 radical (unpaired) electrons. The summed E-state index contributed by atoms with van der Waals surface area (Å²) in [7, 11) is 0. The highest BCUT2D eigenvalue weighted by molar-refractivity contribution is 5.78. The van der Waals surface area contributed by atoms with Crippen molar-refractivity contribution in [2.75, 3.05) is 58.9 Å². The molecule has 5 heteroatoms. The van der Waals surface area contributed by atoms with E-state index >= 15 is 0 Å². The number of piperazine rings is 2. The van der Waals surface area contributed by atoms with Gasteiger partial charge in [-0.05, 0) is 16.7 Å². The van der Waals surface area contributed by atoms with E-state index in [1.807, 2.05) is 0 Å². The van der Waals surface area contributed by atoms with Gasteiger partial charge in [-0.1, -0.05) is 91.0 Å². The Morgan fingerprint density at radius 2 is 1.09 bits per heavy atom. The minimum absolute atomic E-state index is 0.256. The number of hydrogen-bond acceptors (Lipinski definition) is 4. The predicted octanol–water partition coefficient (Wildman–Crippen LogP) is 3.03. The van der Waals surface area contributed by atoms with Gasteiger partial charge in [-0.2, -0.15) is 0 Å². The van der Waals surface area contributed by atoms with Crippen molar-refractivity contribution in [3.05, 3.63) is 108 Å². The molecule has 34 heavy (non-hydrogen) atoms. The third-order valence-corrected chi connectivity index (χ3v) is 7.25. The molecule has 0 unspecified atom stereocenters. The van der Waals surface area contributed by atoms with Crippen molar-refractivity contribution < 1.29 is 4.79 Å². The van der Waals surface area contributed by atoms with Gasteiger partial charge < -0.3 is 10.2 Å². The van der Waals surface area contributed by atoms with Gasteiger partial charge in [-0.15, -0.1) is 0 Å². The van der Waals surface area contributed by atoms with Crippen molar-refractivity contribution in [2.24, 2.45) is 0 Å². The molecule has 0 bridgehead atoms. The number of rotatable bonds is 6. The lowest BCUT2D eigenvalue weighted by molar-refractivity contribution is -0.134. The van der Waals surface area contributed by atoms with E-state index < -0.39 is 5.54 Å². The number of hydrogen-bond donors (Lipinski definition) is 1. The minimum atomic E-state index is -0.405. The topological polar surface area (TPSA) is 38.8 Å². The van der Waals surface area contributed by atoms with Crippen molar-refractivity contribution in [1.29, 1.82) is 0 Å². The SMILES string of the molecule is O=C(CN1CCNCC1)N1CCN(C(c2ccccc2)(c2ccccc2)c2ccccc2)CC1. The normalized spacial score (nSPS) is 18.1. The van der Waals surface area contributed by atoms with Gasteiger partial charge in [0.25, 0.3) is 0 Å². The summed E-state index contributed by atoms with van der Waals surface area (Å²) in [5.41, 5.74) is 3.37. The highest BCUT2D eigenvalue weighted by atomic mass is 16.2. The van der Waals surface area contributed by atoms with Crippen LogP contribution in [0, 0.1) is 0 Å². The van der Waals surface area contributed by atoms with Gasteiger partial charge >= 0.3 is 0 Å². The molecule has 1 N–H and O–H groups in total. The van der Waals surface area contributed by atoms with Crippen molar-refractivity contribution in [3.63, 3.8) is 0 Å². The Morgan fingerprint density at radius 1 is 0.647 bits per heavy atom. The van der Waals surface area contributed by atoms with Gasteiger partial charge in [-0.3, -0.25) is 14.6 Å². The third-order valence-electron chi connectivity index (χ3n) is 7.25. The average Bonchev–Trinajstić information content (AvgIpc) is 2.92. The first-order valence-electron chi connectivity index (χ1n) is 12.4. The molecular weight excluding hydrogens is 420 g/mol. The van der Waals surface area contributed by atoms with Gasteiger partial charge in [0, 0.05) is 52.4 Å². The standard InChI is InChI=1S/C29H34N4O/c34-28(24-31-18-16-30-17-19-31)32-20-22-33(23-21-32)29(25-10-4-1-5-11-25,26-12-6-2-7-13-26)27-14-8-3-9-15-27/h1-15,30H,16-24H2. The first-order valence-corrected chi connectivity index (χ1v) is 12.4. The zero-order valence-corrected chi connectivity index (χ0v) is 19.8. The molecule has 5 rings (SSSR count). The van der Waals surface area contributed by atoms with E-state index in [1.165, 1.54) is 16.7 Å². The molecule has 2 saturated heterocycles. The maximum Gasteiger partial charge on any atom is 0.236 e. The van der Waals surface area contributed by atoms with E-state index in [2.05, 4.69) is 111 Å². The molecule has 0 saturated carbocycles. The Hall–Kier alpha value is -2.99. The van der Waals surface area contributed by atoms with E-state index in [1.54, 1.807) is 0 Å². The van der Waals surface area contributed by atoms with Crippen LogP contribution >= 0.6 is 0 Å². The van der Waals surface area contributed by atoms with Crippen molar-refractivity contribution in [3.8, 4) is 0 Å². The van der Waals surface area contributed by atoms with Gasteiger partial charge in [0.1, 0.15) is 0 Å². The van der Waals surface area contributed by atoms with Crippen LogP contribution in [0.5, 0.6) is 0 Å². The van der Waals surface area contributed by atoms with Gasteiger partial charge in [-0.25, -0.2) is 0 Å². The van der Waals surface area contributed by atoms with Gasteiger partial charge in [0.05, 0.1) is 12.1 Å². The Morgan fingerprint density at radius 3 is 1.53 bits per heavy atom. The largest absolute Gasteiger partial charge is 0.339 e. The molecule has 0 aromatic heterocycles. The summed E-state index contributed by atoms with van der Waals surface area (Å²) >= 11 is 0. The second kappa shape index (κ2) is 10.5. The lowest BCUT2D eigenvalue weighted by Gasteiger charge is -2.49. The maximum atomic E-state index is 13.1. The monoisotopic (exact) mass is 454 g/mol. The Bertz CT molecular complexity index is 947. The molecule has 0 spiro atoms. The summed E-state index contributed by atoms with van der Waals surface area (Å²) < 4.78 is 0. The smallest absolute Gasteiger partial charge is 0.236 e. The molecule has 3 aromatic rings. The number of carbonyl (C=O) groups excluding carboxylic acids is 1. The van der Waals surface area contributed by atoms with Crippen LogP contribution in [0.3, 0.4) is 0 Å². The van der Waals surface area contributed by atoms with E-state index in [0.717, 1.165) is 52.4 Å². The average molecular weight is 455 g/mol. The Kier molecular flexibility index (Phi) is 7.05. The highest BCUT2D eigenvalue weighted by Gasteiger charge is 2.43. The molecule has 0 atom stereocenters. The van der Waals surface area contributed by atoms with E-state index in [9.17, 15) is 4.79 Å². The second-order valence-electron chi connectivity index (χ2n) is 9.20. The van der Waals surface area contributed by atoms with Crippen LogP contribution < -0.4 is 5.32 Å². The van der Waals surface area contributed by atoms with Crippen LogP contribution in [0.4, 0.5) is 0 Å². The highest BCUT2D eigenvalue weighted by Crippen LogP contribution is 2.42. The molecule has 2 heterocycles. The number of nitrogens with zero attached hydrogens (tertiary/aromatic N) is 3. The number of nitrogens with one attached hydrogen (secondary N) is 1. The molecular formula is C29H34N4O. The van der Waals surface area contributed by atoms with Crippen LogP contribution in [-0.2, 0) is 10.3 Å². The van der Waals surface area contributed by atoms with Crippen LogP contribution in [0.1, 0.15) is 16.7 Å². The fourth-order valence-corrected chi connectivity index (χ4v) is 5.54.